The van der Waals surface area contributed by atoms with Crippen molar-refractivity contribution in [3.63, 3.8) is 0 Å². The van der Waals surface area contributed by atoms with E-state index in [0.29, 0.717) is 11.8 Å². The summed E-state index contributed by atoms with van der Waals surface area (Å²) < 4.78 is 0. The van der Waals surface area contributed by atoms with E-state index in [9.17, 15) is 0 Å². The van der Waals surface area contributed by atoms with Crippen molar-refractivity contribution in [2.45, 2.75) is 25.7 Å². The molecule has 0 spiro atoms. The molecule has 0 saturated carbocycles. The predicted octanol–water partition coefficient (Wildman–Crippen LogP) is 1.32. The molecule has 0 radical (unpaired) electrons. The zero-order valence-electron chi connectivity index (χ0n) is 8.29. The number of aryl methyl sites for hydroxylation is 1. The maximum Gasteiger partial charge on any atom is 0.222 e. The minimum atomic E-state index is 0.299. The molecule has 2 rings (SSSR count). The summed E-state index contributed by atoms with van der Waals surface area (Å²) in [7, 11) is 0. The van der Waals surface area contributed by atoms with Gasteiger partial charge in [-0.25, -0.2) is 4.98 Å². The molecule has 0 unspecified atom stereocenters. The molecule has 1 aliphatic rings. The van der Waals surface area contributed by atoms with Crippen molar-refractivity contribution in [2.24, 2.45) is 0 Å². The Labute approximate surface area is 84.1 Å². The van der Waals surface area contributed by atoms with E-state index in [1.165, 1.54) is 12.8 Å². The van der Waals surface area contributed by atoms with E-state index in [2.05, 4.69) is 23.1 Å². The topological polar surface area (TPSA) is 77.8 Å². The van der Waals surface area contributed by atoms with Gasteiger partial charge in [0.05, 0.1) is 5.69 Å². The monoisotopic (exact) mass is 192 g/mol. The molecular weight excluding hydrogens is 176 g/mol. The van der Waals surface area contributed by atoms with Crippen LogP contribution in [-0.4, -0.2) is 9.97 Å². The zero-order chi connectivity index (χ0) is 10.6. The number of nitrogen functional groups attached to an aromatic ring is 2. The molecule has 1 heterocycles. The second-order valence-electron chi connectivity index (χ2n) is 3.10. The smallest absolute Gasteiger partial charge is 0.222 e. The van der Waals surface area contributed by atoms with Crippen molar-refractivity contribution < 1.29 is 0 Å². The molecular formula is C10H16N4. The lowest BCUT2D eigenvalue weighted by molar-refractivity contribution is 0.666. The average molecular weight is 192 g/mol. The van der Waals surface area contributed by atoms with Crippen LogP contribution >= 0.6 is 0 Å². The van der Waals surface area contributed by atoms with Gasteiger partial charge in [-0.3, -0.25) is 0 Å². The van der Waals surface area contributed by atoms with Gasteiger partial charge in [-0.1, -0.05) is 0 Å². The van der Waals surface area contributed by atoms with Crippen molar-refractivity contribution >= 4 is 11.8 Å². The summed E-state index contributed by atoms with van der Waals surface area (Å²) in [5, 5.41) is 0. The molecule has 0 saturated heterocycles. The number of aromatic nitrogens is 2. The van der Waals surface area contributed by atoms with Crippen molar-refractivity contribution in [3.05, 3.63) is 24.4 Å². The van der Waals surface area contributed by atoms with Crippen molar-refractivity contribution in [3.8, 4) is 0 Å². The first kappa shape index (κ1) is 10.5. The van der Waals surface area contributed by atoms with E-state index in [0.717, 1.165) is 24.1 Å². The molecule has 4 heteroatoms. The van der Waals surface area contributed by atoms with Gasteiger partial charge in [0.25, 0.3) is 0 Å². The first-order valence-corrected chi connectivity index (χ1v) is 4.68. The SMILES string of the molecule is C=C.Nc1nc(N)c2c(n1)CCCC2. The second kappa shape index (κ2) is 4.60. The molecule has 1 aromatic heterocycles. The van der Waals surface area contributed by atoms with E-state index in [4.69, 9.17) is 11.5 Å². The van der Waals surface area contributed by atoms with Crippen LogP contribution in [-0.2, 0) is 12.8 Å². The van der Waals surface area contributed by atoms with Gasteiger partial charge in [-0.05, 0) is 25.7 Å². The molecule has 0 amide bonds. The zero-order valence-corrected chi connectivity index (χ0v) is 8.29. The van der Waals surface area contributed by atoms with E-state index in [1.54, 1.807) is 0 Å². The van der Waals surface area contributed by atoms with Crippen LogP contribution in [0.1, 0.15) is 24.1 Å². The quantitative estimate of drug-likeness (QED) is 0.608. The van der Waals surface area contributed by atoms with Gasteiger partial charge in [0, 0.05) is 5.56 Å². The maximum absolute atomic E-state index is 5.71. The minimum absolute atomic E-state index is 0.299. The number of hydrogen-bond donors (Lipinski definition) is 2. The Morgan fingerprint density at radius 2 is 1.64 bits per heavy atom. The Balaban J connectivity index is 0.000000461. The van der Waals surface area contributed by atoms with Crippen LogP contribution < -0.4 is 11.5 Å². The van der Waals surface area contributed by atoms with Gasteiger partial charge < -0.3 is 11.5 Å². The number of rotatable bonds is 0. The van der Waals surface area contributed by atoms with E-state index < -0.39 is 0 Å². The molecule has 4 nitrogen and oxygen atoms in total. The van der Waals surface area contributed by atoms with Gasteiger partial charge in [0.15, 0.2) is 0 Å². The summed E-state index contributed by atoms with van der Waals surface area (Å²) in [6.07, 6.45) is 4.36. The van der Waals surface area contributed by atoms with Crippen molar-refractivity contribution in [2.75, 3.05) is 11.5 Å². The predicted molar refractivity (Wildman–Crippen MR) is 58.8 cm³/mol. The third-order valence-corrected chi connectivity index (χ3v) is 2.23. The Morgan fingerprint density at radius 3 is 2.36 bits per heavy atom. The summed E-state index contributed by atoms with van der Waals surface area (Å²) in [6, 6.07) is 0. The molecule has 0 aliphatic heterocycles. The number of nitrogens with two attached hydrogens (primary N) is 2. The lowest BCUT2D eigenvalue weighted by Crippen LogP contribution is -2.12. The summed E-state index contributed by atoms with van der Waals surface area (Å²) in [6.45, 7) is 6.00. The summed E-state index contributed by atoms with van der Waals surface area (Å²) in [4.78, 5) is 8.09. The Hall–Kier alpha value is -1.58. The lowest BCUT2D eigenvalue weighted by atomic mass is 9.97. The normalized spacial score (nSPS) is 13.7. The third-order valence-electron chi connectivity index (χ3n) is 2.23. The summed E-state index contributed by atoms with van der Waals surface area (Å²) in [5.41, 5.74) is 13.3. The molecule has 0 bridgehead atoms. The van der Waals surface area contributed by atoms with Crippen LogP contribution in [0, 0.1) is 0 Å². The Morgan fingerprint density at radius 1 is 1.00 bits per heavy atom. The highest BCUT2D eigenvalue weighted by Crippen LogP contribution is 2.23. The third kappa shape index (κ3) is 2.02. The summed E-state index contributed by atoms with van der Waals surface area (Å²) in [5.74, 6) is 0.866. The minimum Gasteiger partial charge on any atom is -0.383 e. The first-order chi connectivity index (χ1) is 6.77. The molecule has 0 atom stereocenters. The highest BCUT2D eigenvalue weighted by atomic mass is 15.0. The summed E-state index contributed by atoms with van der Waals surface area (Å²) >= 11 is 0. The lowest BCUT2D eigenvalue weighted by Gasteiger charge is -2.15. The van der Waals surface area contributed by atoms with Crippen LogP contribution in [0.4, 0.5) is 11.8 Å². The fraction of sp³-hybridized carbons (Fsp3) is 0.400. The van der Waals surface area contributed by atoms with Crippen LogP contribution in [0.15, 0.2) is 13.2 Å². The van der Waals surface area contributed by atoms with Gasteiger partial charge in [0.2, 0.25) is 5.95 Å². The van der Waals surface area contributed by atoms with E-state index >= 15 is 0 Å². The van der Waals surface area contributed by atoms with E-state index in [-0.39, 0.29) is 0 Å². The van der Waals surface area contributed by atoms with Crippen LogP contribution in [0.5, 0.6) is 0 Å². The molecule has 0 fully saturated rings. The van der Waals surface area contributed by atoms with Gasteiger partial charge in [-0.15, -0.1) is 13.2 Å². The fourth-order valence-electron chi connectivity index (χ4n) is 1.64. The molecule has 14 heavy (non-hydrogen) atoms. The van der Waals surface area contributed by atoms with Gasteiger partial charge in [0.1, 0.15) is 5.82 Å². The second-order valence-corrected chi connectivity index (χ2v) is 3.10. The molecule has 0 aromatic carbocycles. The average Bonchev–Trinajstić information content (AvgIpc) is 2.20. The highest BCUT2D eigenvalue weighted by Gasteiger charge is 2.14. The molecule has 76 valence electrons. The number of fused-ring (bicyclic) bond motifs is 1. The van der Waals surface area contributed by atoms with Gasteiger partial charge in [-0.2, -0.15) is 4.98 Å². The van der Waals surface area contributed by atoms with Crippen molar-refractivity contribution in [1.82, 2.24) is 9.97 Å². The molecule has 1 aliphatic carbocycles. The Kier molecular flexibility index (Phi) is 3.45. The van der Waals surface area contributed by atoms with Crippen molar-refractivity contribution in [1.29, 1.82) is 0 Å². The Bertz CT molecular complexity index is 322. The number of hydrogen-bond acceptors (Lipinski definition) is 4. The highest BCUT2D eigenvalue weighted by molar-refractivity contribution is 5.46. The van der Waals surface area contributed by atoms with Gasteiger partial charge >= 0.3 is 0 Å². The standard InChI is InChI=1S/C8H12N4.C2H4/c9-7-5-3-1-2-4-6(5)11-8(10)12-7;1-2/h1-4H2,(H4,9,10,11,12);1-2H2. The maximum atomic E-state index is 5.71. The van der Waals surface area contributed by atoms with Crippen LogP contribution in [0.25, 0.3) is 0 Å². The van der Waals surface area contributed by atoms with Crippen LogP contribution in [0.3, 0.4) is 0 Å². The largest absolute Gasteiger partial charge is 0.383 e. The molecule has 1 aromatic rings. The fourth-order valence-corrected chi connectivity index (χ4v) is 1.64. The van der Waals surface area contributed by atoms with E-state index in [1.807, 2.05) is 0 Å². The van der Waals surface area contributed by atoms with Crippen LogP contribution in [0.2, 0.25) is 0 Å². The molecule has 4 N–H and O–H groups in total. The number of nitrogens with zero attached hydrogens (tertiary/aromatic N) is 2. The number of anilines is 2. The first-order valence-electron chi connectivity index (χ1n) is 4.68.